The molecule has 3 rings (SSSR count). The summed E-state index contributed by atoms with van der Waals surface area (Å²) >= 11 is 0. The first-order valence-corrected chi connectivity index (χ1v) is 8.65. The minimum absolute atomic E-state index is 0.167. The number of hydrogen-bond acceptors (Lipinski definition) is 4. The van der Waals surface area contributed by atoms with Gasteiger partial charge in [0.25, 0.3) is 0 Å². The van der Waals surface area contributed by atoms with E-state index >= 15 is 0 Å². The number of aliphatic hydroxyl groups is 1. The van der Waals surface area contributed by atoms with Gasteiger partial charge in [-0.05, 0) is 18.4 Å². The highest BCUT2D eigenvalue weighted by atomic mass is 16.3. The Morgan fingerprint density at radius 3 is 2.43 bits per heavy atom. The number of rotatable bonds is 4. The van der Waals surface area contributed by atoms with E-state index < -0.39 is 0 Å². The Kier molecular flexibility index (Phi) is 5.65. The Hall–Kier alpha value is -1.43. The number of likely N-dealkylation sites (tertiary alicyclic amines) is 1. The number of carbonyl (C=O) groups is 1. The van der Waals surface area contributed by atoms with E-state index in [4.69, 9.17) is 0 Å². The van der Waals surface area contributed by atoms with Crippen LogP contribution < -0.4 is 0 Å². The van der Waals surface area contributed by atoms with Crippen LogP contribution in [-0.4, -0.2) is 77.6 Å². The number of amides is 1. The molecule has 1 atom stereocenters. The summed E-state index contributed by atoms with van der Waals surface area (Å²) < 4.78 is 0. The third-order valence-electron chi connectivity index (χ3n) is 4.82. The van der Waals surface area contributed by atoms with E-state index in [2.05, 4.69) is 34.1 Å². The summed E-state index contributed by atoms with van der Waals surface area (Å²) in [6, 6.07) is 10.5. The molecule has 5 heteroatoms. The monoisotopic (exact) mass is 317 g/mol. The highest BCUT2D eigenvalue weighted by Crippen LogP contribution is 2.12. The van der Waals surface area contributed by atoms with Gasteiger partial charge in [0.15, 0.2) is 0 Å². The number of nitrogens with zero attached hydrogens (tertiary/aromatic N) is 3. The second-order valence-corrected chi connectivity index (χ2v) is 6.67. The lowest BCUT2D eigenvalue weighted by atomic mass is 10.1. The van der Waals surface area contributed by atoms with Gasteiger partial charge < -0.3 is 10.0 Å². The third kappa shape index (κ3) is 4.77. The molecule has 126 valence electrons. The van der Waals surface area contributed by atoms with Crippen LogP contribution in [0.3, 0.4) is 0 Å². The van der Waals surface area contributed by atoms with E-state index in [1.54, 1.807) is 0 Å². The fourth-order valence-corrected chi connectivity index (χ4v) is 3.42. The van der Waals surface area contributed by atoms with Gasteiger partial charge in [-0.25, -0.2) is 0 Å². The van der Waals surface area contributed by atoms with Gasteiger partial charge in [-0.2, -0.15) is 0 Å². The second kappa shape index (κ2) is 7.90. The smallest absolute Gasteiger partial charge is 0.236 e. The standard InChI is InChI=1S/C18H27N3O2/c22-17-7-4-8-21(14-17)18(23)15-20-11-9-19(10-12-20)13-16-5-2-1-3-6-16/h1-3,5-6,17,22H,4,7-15H2. The molecule has 23 heavy (non-hydrogen) atoms. The fourth-order valence-electron chi connectivity index (χ4n) is 3.42. The molecule has 0 aliphatic carbocycles. The Balaban J connectivity index is 1.41. The lowest BCUT2D eigenvalue weighted by molar-refractivity contribution is -0.135. The Morgan fingerprint density at radius 1 is 1.04 bits per heavy atom. The largest absolute Gasteiger partial charge is 0.391 e. The summed E-state index contributed by atoms with van der Waals surface area (Å²) in [6.45, 7) is 6.67. The van der Waals surface area contributed by atoms with Gasteiger partial charge in [-0.3, -0.25) is 14.6 Å². The predicted octanol–water partition coefficient (Wildman–Crippen LogP) is 0.787. The number of piperazine rings is 1. The van der Waals surface area contributed by atoms with Gasteiger partial charge in [0, 0.05) is 45.8 Å². The fraction of sp³-hybridized carbons (Fsp3) is 0.611. The number of β-amino-alcohol motifs (C(OH)–C–C–N with tert-alkyl or cyclic N) is 1. The predicted molar refractivity (Wildman–Crippen MR) is 90.0 cm³/mol. The molecule has 2 aliphatic heterocycles. The minimum Gasteiger partial charge on any atom is -0.391 e. The van der Waals surface area contributed by atoms with Crippen molar-refractivity contribution < 1.29 is 9.90 Å². The molecular formula is C18H27N3O2. The lowest BCUT2D eigenvalue weighted by Crippen LogP contribution is -2.51. The molecule has 0 bridgehead atoms. The zero-order valence-corrected chi connectivity index (χ0v) is 13.7. The Bertz CT molecular complexity index is 500. The van der Waals surface area contributed by atoms with E-state index in [9.17, 15) is 9.90 Å². The van der Waals surface area contributed by atoms with Crippen LogP contribution in [0, 0.1) is 0 Å². The zero-order chi connectivity index (χ0) is 16.1. The number of hydrogen-bond donors (Lipinski definition) is 1. The molecule has 0 spiro atoms. The molecule has 5 nitrogen and oxygen atoms in total. The maximum Gasteiger partial charge on any atom is 0.236 e. The summed E-state index contributed by atoms with van der Waals surface area (Å²) in [5.74, 6) is 0.167. The molecule has 1 unspecified atom stereocenters. The summed E-state index contributed by atoms with van der Waals surface area (Å²) in [5, 5.41) is 9.70. The van der Waals surface area contributed by atoms with E-state index in [1.165, 1.54) is 5.56 Å². The van der Waals surface area contributed by atoms with Crippen LogP contribution in [0.4, 0.5) is 0 Å². The van der Waals surface area contributed by atoms with Gasteiger partial charge in [0.05, 0.1) is 12.6 Å². The van der Waals surface area contributed by atoms with Gasteiger partial charge in [0.1, 0.15) is 0 Å². The average Bonchev–Trinajstić information content (AvgIpc) is 2.57. The van der Waals surface area contributed by atoms with E-state index in [0.29, 0.717) is 13.1 Å². The van der Waals surface area contributed by atoms with Gasteiger partial charge in [-0.1, -0.05) is 30.3 Å². The summed E-state index contributed by atoms with van der Waals surface area (Å²) in [5.41, 5.74) is 1.35. The van der Waals surface area contributed by atoms with Gasteiger partial charge in [0.2, 0.25) is 5.91 Å². The molecule has 2 aliphatic rings. The van der Waals surface area contributed by atoms with Crippen molar-refractivity contribution in [3.8, 4) is 0 Å². The summed E-state index contributed by atoms with van der Waals surface area (Å²) in [4.78, 5) is 18.9. The molecule has 1 aromatic rings. The first-order valence-electron chi connectivity index (χ1n) is 8.65. The highest BCUT2D eigenvalue weighted by Gasteiger charge is 2.25. The maximum absolute atomic E-state index is 12.3. The molecule has 1 N–H and O–H groups in total. The summed E-state index contributed by atoms with van der Waals surface area (Å²) in [7, 11) is 0. The quantitative estimate of drug-likeness (QED) is 0.892. The normalized spacial score (nSPS) is 23.9. The maximum atomic E-state index is 12.3. The van der Waals surface area contributed by atoms with Crippen molar-refractivity contribution in [2.75, 3.05) is 45.8 Å². The lowest BCUT2D eigenvalue weighted by Gasteiger charge is -2.36. The molecule has 2 fully saturated rings. The first-order chi connectivity index (χ1) is 11.2. The van der Waals surface area contributed by atoms with Crippen LogP contribution in [0.25, 0.3) is 0 Å². The second-order valence-electron chi connectivity index (χ2n) is 6.67. The van der Waals surface area contributed by atoms with Crippen LogP contribution in [0.1, 0.15) is 18.4 Å². The van der Waals surface area contributed by atoms with Crippen molar-refractivity contribution in [1.29, 1.82) is 0 Å². The topological polar surface area (TPSA) is 47.0 Å². The molecular weight excluding hydrogens is 290 g/mol. The van der Waals surface area contributed by atoms with Gasteiger partial charge in [-0.15, -0.1) is 0 Å². The van der Waals surface area contributed by atoms with Crippen molar-refractivity contribution in [1.82, 2.24) is 14.7 Å². The number of benzene rings is 1. The van der Waals surface area contributed by atoms with Crippen molar-refractivity contribution in [3.63, 3.8) is 0 Å². The zero-order valence-electron chi connectivity index (χ0n) is 13.7. The molecule has 0 radical (unpaired) electrons. The minimum atomic E-state index is -0.338. The van der Waals surface area contributed by atoms with Crippen LogP contribution in [0.15, 0.2) is 30.3 Å². The third-order valence-corrected chi connectivity index (χ3v) is 4.82. The number of aliphatic hydroxyl groups excluding tert-OH is 1. The van der Waals surface area contributed by atoms with Crippen molar-refractivity contribution in [2.24, 2.45) is 0 Å². The summed E-state index contributed by atoms with van der Waals surface area (Å²) in [6.07, 6.45) is 1.40. The van der Waals surface area contributed by atoms with E-state index in [-0.39, 0.29) is 12.0 Å². The molecule has 0 saturated carbocycles. The van der Waals surface area contributed by atoms with Gasteiger partial charge >= 0.3 is 0 Å². The Morgan fingerprint density at radius 2 is 1.74 bits per heavy atom. The number of piperidine rings is 1. The van der Waals surface area contributed by atoms with Crippen molar-refractivity contribution in [2.45, 2.75) is 25.5 Å². The van der Waals surface area contributed by atoms with Crippen LogP contribution >= 0.6 is 0 Å². The first kappa shape index (κ1) is 16.4. The Labute approximate surface area is 138 Å². The van der Waals surface area contributed by atoms with Crippen LogP contribution in [0.5, 0.6) is 0 Å². The van der Waals surface area contributed by atoms with E-state index in [1.807, 2.05) is 11.0 Å². The molecule has 2 saturated heterocycles. The van der Waals surface area contributed by atoms with Crippen molar-refractivity contribution >= 4 is 5.91 Å². The highest BCUT2D eigenvalue weighted by molar-refractivity contribution is 5.78. The molecule has 1 aromatic carbocycles. The SMILES string of the molecule is O=C(CN1CCN(Cc2ccccc2)CC1)N1CCCC(O)C1. The average molecular weight is 317 g/mol. The van der Waals surface area contributed by atoms with Crippen molar-refractivity contribution in [3.05, 3.63) is 35.9 Å². The van der Waals surface area contributed by atoms with Crippen LogP contribution in [-0.2, 0) is 11.3 Å². The molecule has 1 amide bonds. The molecule has 2 heterocycles. The molecule has 0 aromatic heterocycles. The van der Waals surface area contributed by atoms with Crippen LogP contribution in [0.2, 0.25) is 0 Å². The van der Waals surface area contributed by atoms with E-state index in [0.717, 1.165) is 52.1 Å². The number of carbonyl (C=O) groups excluding carboxylic acids is 1.